The first-order valence-corrected chi connectivity index (χ1v) is 4.44. The van der Waals surface area contributed by atoms with E-state index in [0.717, 1.165) is 12.1 Å². The van der Waals surface area contributed by atoms with E-state index in [1.54, 1.807) is 20.2 Å². The van der Waals surface area contributed by atoms with Crippen LogP contribution in [0, 0.1) is 0 Å². The van der Waals surface area contributed by atoms with E-state index in [-0.39, 0.29) is 0 Å². The third-order valence-electron chi connectivity index (χ3n) is 1.66. The van der Waals surface area contributed by atoms with Gasteiger partial charge in [0.25, 0.3) is 0 Å². The second kappa shape index (κ2) is 3.89. The molecular formula is C9H17N3O. The Bertz CT molecular complexity index is 262. The Morgan fingerprint density at radius 1 is 1.62 bits per heavy atom. The SMILES string of the molecule is CC(C)(O)Cn1cnc(CCN)c1. The maximum Gasteiger partial charge on any atom is 0.0950 e. The van der Waals surface area contributed by atoms with Crippen LogP contribution in [0.5, 0.6) is 0 Å². The summed E-state index contributed by atoms with van der Waals surface area (Å²) < 4.78 is 1.88. The van der Waals surface area contributed by atoms with Crippen LogP contribution in [0.4, 0.5) is 0 Å². The number of nitrogens with zero attached hydrogens (tertiary/aromatic N) is 2. The molecule has 0 amide bonds. The average Bonchev–Trinajstić information content (AvgIpc) is 2.33. The number of aliphatic hydroxyl groups is 1. The second-order valence-corrected chi connectivity index (χ2v) is 3.89. The van der Waals surface area contributed by atoms with Crippen LogP contribution < -0.4 is 5.73 Å². The van der Waals surface area contributed by atoms with Crippen LogP contribution in [0.1, 0.15) is 19.5 Å². The zero-order chi connectivity index (χ0) is 9.90. The predicted molar refractivity (Wildman–Crippen MR) is 51.3 cm³/mol. The minimum atomic E-state index is -0.694. The highest BCUT2D eigenvalue weighted by Crippen LogP contribution is 2.06. The van der Waals surface area contributed by atoms with Gasteiger partial charge in [0.05, 0.1) is 24.2 Å². The molecule has 1 aromatic heterocycles. The van der Waals surface area contributed by atoms with Gasteiger partial charge in [0.1, 0.15) is 0 Å². The molecule has 4 nitrogen and oxygen atoms in total. The summed E-state index contributed by atoms with van der Waals surface area (Å²) in [6.07, 6.45) is 4.44. The van der Waals surface area contributed by atoms with Crippen molar-refractivity contribution < 1.29 is 5.11 Å². The van der Waals surface area contributed by atoms with Crippen LogP contribution in [0.15, 0.2) is 12.5 Å². The standard InChI is InChI=1S/C9H17N3O/c1-9(2,13)6-12-5-8(3-4-10)11-7-12/h5,7,13H,3-4,6,10H2,1-2H3. The molecule has 3 N–H and O–H groups in total. The van der Waals surface area contributed by atoms with Crippen LogP contribution in [-0.2, 0) is 13.0 Å². The lowest BCUT2D eigenvalue weighted by Crippen LogP contribution is -2.25. The monoisotopic (exact) mass is 183 g/mol. The Balaban J connectivity index is 2.59. The van der Waals surface area contributed by atoms with Gasteiger partial charge in [-0.25, -0.2) is 4.98 Å². The molecule has 1 aromatic rings. The molecule has 1 rings (SSSR count). The predicted octanol–water partition coefficient (Wildman–Crippen LogP) is 0.155. The van der Waals surface area contributed by atoms with Gasteiger partial charge in [0, 0.05) is 12.6 Å². The topological polar surface area (TPSA) is 64.1 Å². The highest BCUT2D eigenvalue weighted by atomic mass is 16.3. The van der Waals surface area contributed by atoms with Crippen LogP contribution in [-0.4, -0.2) is 26.8 Å². The summed E-state index contributed by atoms with van der Waals surface area (Å²) in [7, 11) is 0. The summed E-state index contributed by atoms with van der Waals surface area (Å²) in [6, 6.07) is 0. The van der Waals surface area contributed by atoms with Gasteiger partial charge in [0.15, 0.2) is 0 Å². The van der Waals surface area contributed by atoms with Crippen molar-refractivity contribution in [1.82, 2.24) is 9.55 Å². The fourth-order valence-corrected chi connectivity index (χ4v) is 1.22. The summed E-state index contributed by atoms with van der Waals surface area (Å²) >= 11 is 0. The van der Waals surface area contributed by atoms with Crippen molar-refractivity contribution in [2.75, 3.05) is 6.54 Å². The van der Waals surface area contributed by atoms with Gasteiger partial charge < -0.3 is 15.4 Å². The summed E-state index contributed by atoms with van der Waals surface area (Å²) in [6.45, 7) is 4.72. The van der Waals surface area contributed by atoms with Gasteiger partial charge in [-0.15, -0.1) is 0 Å². The third kappa shape index (κ3) is 3.57. The maximum absolute atomic E-state index is 9.54. The molecule has 0 fully saturated rings. The van der Waals surface area contributed by atoms with Crippen LogP contribution >= 0.6 is 0 Å². The molecular weight excluding hydrogens is 166 g/mol. The quantitative estimate of drug-likeness (QED) is 0.698. The van der Waals surface area contributed by atoms with Crippen molar-refractivity contribution in [3.05, 3.63) is 18.2 Å². The number of hydrogen-bond acceptors (Lipinski definition) is 3. The van der Waals surface area contributed by atoms with Crippen molar-refractivity contribution in [1.29, 1.82) is 0 Å². The molecule has 0 aromatic carbocycles. The Morgan fingerprint density at radius 2 is 2.31 bits per heavy atom. The number of aromatic nitrogens is 2. The third-order valence-corrected chi connectivity index (χ3v) is 1.66. The Hall–Kier alpha value is -0.870. The molecule has 74 valence electrons. The van der Waals surface area contributed by atoms with E-state index in [1.807, 2.05) is 10.8 Å². The van der Waals surface area contributed by atoms with Gasteiger partial charge in [-0.1, -0.05) is 0 Å². The van der Waals surface area contributed by atoms with Crippen molar-refractivity contribution in [3.8, 4) is 0 Å². The molecule has 0 aliphatic heterocycles. The zero-order valence-electron chi connectivity index (χ0n) is 8.20. The molecule has 0 unspecified atom stereocenters. The summed E-state index contributed by atoms with van der Waals surface area (Å²) in [4.78, 5) is 4.16. The lowest BCUT2D eigenvalue weighted by Gasteiger charge is -2.16. The highest BCUT2D eigenvalue weighted by molar-refractivity contribution is 4.97. The van der Waals surface area contributed by atoms with Crippen molar-refractivity contribution >= 4 is 0 Å². The normalized spacial score (nSPS) is 12.0. The first kappa shape index (κ1) is 10.2. The van der Waals surface area contributed by atoms with E-state index in [4.69, 9.17) is 5.73 Å². The van der Waals surface area contributed by atoms with E-state index in [1.165, 1.54) is 0 Å². The largest absolute Gasteiger partial charge is 0.389 e. The Kier molecular flexibility index (Phi) is 3.06. The molecule has 0 aliphatic carbocycles. The van der Waals surface area contributed by atoms with Crippen LogP contribution in [0.3, 0.4) is 0 Å². The lowest BCUT2D eigenvalue weighted by molar-refractivity contribution is 0.0615. The summed E-state index contributed by atoms with van der Waals surface area (Å²) in [5.74, 6) is 0. The summed E-state index contributed by atoms with van der Waals surface area (Å²) in [5.41, 5.74) is 5.68. The molecule has 1 heterocycles. The molecule has 0 saturated carbocycles. The molecule has 13 heavy (non-hydrogen) atoms. The molecule has 0 saturated heterocycles. The van der Waals surface area contributed by atoms with Gasteiger partial charge in [-0.2, -0.15) is 0 Å². The van der Waals surface area contributed by atoms with E-state index in [0.29, 0.717) is 13.1 Å². The number of hydrogen-bond donors (Lipinski definition) is 2. The van der Waals surface area contributed by atoms with E-state index in [2.05, 4.69) is 4.98 Å². The molecule has 0 bridgehead atoms. The first-order chi connectivity index (χ1) is 6.01. The van der Waals surface area contributed by atoms with Crippen molar-refractivity contribution in [3.63, 3.8) is 0 Å². The van der Waals surface area contributed by atoms with Gasteiger partial charge >= 0.3 is 0 Å². The fourth-order valence-electron chi connectivity index (χ4n) is 1.22. The smallest absolute Gasteiger partial charge is 0.0950 e. The number of imidazole rings is 1. The first-order valence-electron chi connectivity index (χ1n) is 4.44. The number of nitrogens with two attached hydrogens (primary N) is 1. The van der Waals surface area contributed by atoms with Crippen LogP contribution in [0.2, 0.25) is 0 Å². The van der Waals surface area contributed by atoms with E-state index < -0.39 is 5.60 Å². The zero-order valence-corrected chi connectivity index (χ0v) is 8.20. The molecule has 4 heteroatoms. The van der Waals surface area contributed by atoms with Crippen LogP contribution in [0.25, 0.3) is 0 Å². The van der Waals surface area contributed by atoms with Crippen molar-refractivity contribution in [2.45, 2.75) is 32.4 Å². The molecule has 0 atom stereocenters. The fraction of sp³-hybridized carbons (Fsp3) is 0.667. The van der Waals surface area contributed by atoms with E-state index in [9.17, 15) is 5.11 Å². The highest BCUT2D eigenvalue weighted by Gasteiger charge is 2.13. The lowest BCUT2D eigenvalue weighted by atomic mass is 10.1. The second-order valence-electron chi connectivity index (χ2n) is 3.89. The van der Waals surface area contributed by atoms with Crippen molar-refractivity contribution in [2.24, 2.45) is 5.73 Å². The van der Waals surface area contributed by atoms with Gasteiger partial charge in [0.2, 0.25) is 0 Å². The molecule has 0 spiro atoms. The van der Waals surface area contributed by atoms with E-state index >= 15 is 0 Å². The number of rotatable bonds is 4. The van der Waals surface area contributed by atoms with Gasteiger partial charge in [-0.05, 0) is 20.4 Å². The minimum Gasteiger partial charge on any atom is -0.389 e. The molecule has 0 aliphatic rings. The summed E-state index contributed by atoms with van der Waals surface area (Å²) in [5, 5.41) is 9.54. The maximum atomic E-state index is 9.54. The Morgan fingerprint density at radius 3 is 2.85 bits per heavy atom. The minimum absolute atomic E-state index is 0.560. The van der Waals surface area contributed by atoms with Gasteiger partial charge in [-0.3, -0.25) is 0 Å². The molecule has 0 radical (unpaired) electrons. The average molecular weight is 183 g/mol. The Labute approximate surface area is 78.4 Å².